The molecular weight excluding hydrogens is 315 g/mol. The molecule has 0 fully saturated rings. The molecule has 2 aromatic heterocycles. The first-order valence-electron chi connectivity index (χ1n) is 6.34. The van der Waals surface area contributed by atoms with Gasteiger partial charge in [0.05, 0.1) is 19.0 Å². The van der Waals surface area contributed by atoms with E-state index in [2.05, 4.69) is 14.7 Å². The van der Waals surface area contributed by atoms with E-state index in [0.29, 0.717) is 11.3 Å². The summed E-state index contributed by atoms with van der Waals surface area (Å²) in [5.74, 6) is -0.403. The molecule has 0 saturated carbocycles. The van der Waals surface area contributed by atoms with Crippen molar-refractivity contribution in [3.8, 4) is 28.6 Å². The summed E-state index contributed by atoms with van der Waals surface area (Å²) >= 11 is 0. The van der Waals surface area contributed by atoms with Gasteiger partial charge in [0.15, 0.2) is 0 Å². The molecule has 9 heteroatoms. The van der Waals surface area contributed by atoms with Gasteiger partial charge >= 0.3 is 6.36 Å². The van der Waals surface area contributed by atoms with E-state index in [4.69, 9.17) is 4.74 Å². The summed E-state index contributed by atoms with van der Waals surface area (Å²) in [6, 6.07) is 3.23. The second-order valence-electron chi connectivity index (χ2n) is 4.50. The second-order valence-corrected chi connectivity index (χ2v) is 4.50. The zero-order chi connectivity index (χ0) is 16.6. The van der Waals surface area contributed by atoms with Crippen LogP contribution in [0.5, 0.6) is 17.4 Å². The Balaban J connectivity index is 2.13. The minimum Gasteiger partial charge on any atom is -0.507 e. The van der Waals surface area contributed by atoms with Gasteiger partial charge < -0.3 is 14.6 Å². The van der Waals surface area contributed by atoms with Crippen molar-refractivity contribution in [2.24, 2.45) is 0 Å². The Hall–Kier alpha value is -2.97. The summed E-state index contributed by atoms with van der Waals surface area (Å²) in [5, 5.41) is 9.97. The van der Waals surface area contributed by atoms with Crippen LogP contribution in [-0.4, -0.2) is 32.9 Å². The molecule has 0 unspecified atom stereocenters. The molecule has 120 valence electrons. The van der Waals surface area contributed by atoms with Gasteiger partial charge in [0.25, 0.3) is 5.88 Å². The Morgan fingerprint density at radius 2 is 2.00 bits per heavy atom. The number of rotatable bonds is 3. The largest absolute Gasteiger partial charge is 0.573 e. The van der Waals surface area contributed by atoms with Crippen molar-refractivity contribution in [1.29, 1.82) is 0 Å². The maximum atomic E-state index is 12.3. The molecule has 3 rings (SSSR count). The number of methoxy groups -OCH3 is 1. The van der Waals surface area contributed by atoms with Crippen LogP contribution in [0.1, 0.15) is 0 Å². The molecule has 0 aliphatic rings. The number of alkyl halides is 3. The van der Waals surface area contributed by atoms with Gasteiger partial charge in [-0.05, 0) is 18.2 Å². The average molecular weight is 325 g/mol. The Kier molecular flexibility index (Phi) is 3.47. The first-order chi connectivity index (χ1) is 10.9. The summed E-state index contributed by atoms with van der Waals surface area (Å²) in [4.78, 5) is 8.09. The number of imidazole rings is 1. The third kappa shape index (κ3) is 2.85. The molecule has 23 heavy (non-hydrogen) atoms. The quantitative estimate of drug-likeness (QED) is 0.802. The molecule has 1 N–H and O–H groups in total. The number of benzene rings is 1. The second kappa shape index (κ2) is 5.34. The highest BCUT2D eigenvalue weighted by molar-refractivity contribution is 5.72. The van der Waals surface area contributed by atoms with Crippen molar-refractivity contribution >= 4 is 5.65 Å². The molecule has 6 nitrogen and oxygen atoms in total. The number of nitrogens with zero attached hydrogens (tertiary/aromatic N) is 3. The van der Waals surface area contributed by atoms with Gasteiger partial charge in [0, 0.05) is 18.0 Å². The van der Waals surface area contributed by atoms with E-state index in [1.807, 2.05) is 0 Å². The molecular formula is C14H10F3N3O3. The third-order valence-corrected chi connectivity index (χ3v) is 3.07. The Morgan fingerprint density at radius 3 is 2.70 bits per heavy atom. The third-order valence-electron chi connectivity index (χ3n) is 3.07. The van der Waals surface area contributed by atoms with Crippen molar-refractivity contribution in [1.82, 2.24) is 14.4 Å². The molecule has 1 aromatic carbocycles. The number of halogens is 3. The molecule has 0 aliphatic carbocycles. The smallest absolute Gasteiger partial charge is 0.507 e. The van der Waals surface area contributed by atoms with Crippen LogP contribution in [0.25, 0.3) is 16.9 Å². The van der Waals surface area contributed by atoms with Crippen molar-refractivity contribution in [3.63, 3.8) is 0 Å². The zero-order valence-electron chi connectivity index (χ0n) is 11.7. The monoisotopic (exact) mass is 325 g/mol. The predicted molar refractivity (Wildman–Crippen MR) is 73.3 cm³/mol. The first kappa shape index (κ1) is 14.9. The van der Waals surface area contributed by atoms with E-state index in [9.17, 15) is 18.3 Å². The normalized spacial score (nSPS) is 11.7. The minimum absolute atomic E-state index is 0.132. The molecule has 0 saturated heterocycles. The number of phenols is 1. The highest BCUT2D eigenvalue weighted by Crippen LogP contribution is 2.35. The van der Waals surface area contributed by atoms with E-state index in [1.54, 1.807) is 6.20 Å². The van der Waals surface area contributed by atoms with Crippen molar-refractivity contribution in [3.05, 3.63) is 36.8 Å². The number of ether oxygens (including phenoxy) is 2. The van der Waals surface area contributed by atoms with Crippen LogP contribution in [0.4, 0.5) is 13.2 Å². The molecule has 0 aliphatic heterocycles. The minimum atomic E-state index is -4.82. The highest BCUT2D eigenvalue weighted by atomic mass is 19.4. The van der Waals surface area contributed by atoms with Gasteiger partial charge in [0.1, 0.15) is 11.5 Å². The van der Waals surface area contributed by atoms with Gasteiger partial charge in [-0.2, -0.15) is 0 Å². The van der Waals surface area contributed by atoms with E-state index < -0.39 is 12.1 Å². The molecule has 2 heterocycles. The molecule has 0 atom stereocenters. The van der Waals surface area contributed by atoms with E-state index >= 15 is 0 Å². The summed E-state index contributed by atoms with van der Waals surface area (Å²) in [6.45, 7) is 0. The number of phenolic OH excluding ortho intramolecular Hbond substituents is 1. The summed E-state index contributed by atoms with van der Waals surface area (Å²) in [7, 11) is 1.42. The fourth-order valence-corrected chi connectivity index (χ4v) is 2.16. The fraction of sp³-hybridized carbons (Fsp3) is 0.143. The van der Waals surface area contributed by atoms with Gasteiger partial charge in [0.2, 0.25) is 5.65 Å². The SMILES string of the molecule is COc1nccn2c(-c3cc(OC(F)(F)F)ccc3O)cnc12. The van der Waals surface area contributed by atoms with E-state index in [1.165, 1.54) is 23.9 Å². The van der Waals surface area contributed by atoms with Crippen LogP contribution in [0, 0.1) is 0 Å². The summed E-state index contributed by atoms with van der Waals surface area (Å²) in [6.07, 6.45) is -0.423. The summed E-state index contributed by atoms with van der Waals surface area (Å²) in [5.41, 5.74) is 0.866. The number of hydrogen-bond donors (Lipinski definition) is 1. The number of fused-ring (bicyclic) bond motifs is 1. The Bertz CT molecular complexity index is 861. The van der Waals surface area contributed by atoms with Gasteiger partial charge in [-0.1, -0.05) is 0 Å². The maximum Gasteiger partial charge on any atom is 0.573 e. The van der Waals surface area contributed by atoms with Crippen LogP contribution in [0.15, 0.2) is 36.8 Å². The molecule has 0 spiro atoms. The fourth-order valence-electron chi connectivity index (χ4n) is 2.16. The van der Waals surface area contributed by atoms with Crippen molar-refractivity contribution < 1.29 is 27.8 Å². The van der Waals surface area contributed by atoms with Gasteiger partial charge in [-0.15, -0.1) is 13.2 Å². The molecule has 0 radical (unpaired) electrons. The Labute approximate surface area is 127 Å². The van der Waals surface area contributed by atoms with E-state index in [0.717, 1.165) is 18.2 Å². The van der Waals surface area contributed by atoms with Crippen molar-refractivity contribution in [2.45, 2.75) is 6.36 Å². The number of aromatic nitrogens is 3. The van der Waals surface area contributed by atoms with Crippen LogP contribution in [-0.2, 0) is 0 Å². The first-order valence-corrected chi connectivity index (χ1v) is 6.34. The number of aromatic hydroxyl groups is 1. The summed E-state index contributed by atoms with van der Waals surface area (Å²) < 4.78 is 47.5. The molecule has 3 aromatic rings. The lowest BCUT2D eigenvalue weighted by molar-refractivity contribution is -0.274. The van der Waals surface area contributed by atoms with E-state index in [-0.39, 0.29) is 17.2 Å². The van der Waals surface area contributed by atoms with Gasteiger partial charge in [-0.3, -0.25) is 4.40 Å². The van der Waals surface area contributed by atoms with Crippen LogP contribution < -0.4 is 9.47 Å². The molecule has 0 amide bonds. The lowest BCUT2D eigenvalue weighted by atomic mass is 10.1. The van der Waals surface area contributed by atoms with Crippen LogP contribution >= 0.6 is 0 Å². The van der Waals surface area contributed by atoms with Crippen LogP contribution in [0.2, 0.25) is 0 Å². The maximum absolute atomic E-state index is 12.3. The van der Waals surface area contributed by atoms with Crippen LogP contribution in [0.3, 0.4) is 0 Å². The topological polar surface area (TPSA) is 68.9 Å². The Morgan fingerprint density at radius 1 is 1.22 bits per heavy atom. The zero-order valence-corrected chi connectivity index (χ0v) is 11.7. The lowest BCUT2D eigenvalue weighted by Gasteiger charge is -2.11. The lowest BCUT2D eigenvalue weighted by Crippen LogP contribution is -2.17. The highest BCUT2D eigenvalue weighted by Gasteiger charge is 2.31. The average Bonchev–Trinajstić information content (AvgIpc) is 2.91. The van der Waals surface area contributed by atoms with Gasteiger partial charge in [-0.25, -0.2) is 9.97 Å². The standard InChI is InChI=1S/C14H10F3N3O3/c1-22-13-12-19-7-10(20(12)5-4-18-13)9-6-8(2-3-11(9)21)23-14(15,16)17/h2-7,21H,1H3. The number of hydrogen-bond acceptors (Lipinski definition) is 5. The predicted octanol–water partition coefficient (Wildman–Crippen LogP) is 3.01. The van der Waals surface area contributed by atoms with Crippen molar-refractivity contribution in [2.75, 3.05) is 7.11 Å². The molecule has 0 bridgehead atoms.